The standard InChI is InChI=1S/C52H64N8O9/c1-30(53-5)45(62)57-44(52(2,3)4)51(68)59-29-33-24-36(18-16-32(33)25-42(59)48(65)55-40-15-11-13-31-12-7-8-14-37(31)40)69-23-10-6-9-22-54-46(63)34-27-58(28-34)35-17-19-38-39(26-35)50(67)60(49(38)66)41-20-21-43(61)56-47(41)64/h7-8,12,14,16-19,24,26,30,34,40-42,44,53H,6,9-11,13,15,20-23,25,27-29H2,1-5H3,(H,54,63)(H,55,65)(H,57,62)(H,56,61,64)/t30-,40+,41?,42-,44+/m0/s1. The predicted molar refractivity (Wildman–Crippen MR) is 256 cm³/mol. The van der Waals surface area contributed by atoms with Crippen LogP contribution >= 0.6 is 0 Å². The zero-order valence-corrected chi connectivity index (χ0v) is 40.2. The maximum atomic E-state index is 14.7. The lowest BCUT2D eigenvalue weighted by atomic mass is 9.83. The molecular formula is C52H64N8O9. The van der Waals surface area contributed by atoms with Crippen molar-refractivity contribution in [3.8, 4) is 5.75 Å². The normalized spacial score (nSPS) is 21.0. The minimum absolute atomic E-state index is 0.0478. The first-order chi connectivity index (χ1) is 33.0. The second kappa shape index (κ2) is 20.5. The molecule has 2 saturated heterocycles. The molecule has 1 aliphatic carbocycles. The number of benzene rings is 3. The lowest BCUT2D eigenvalue weighted by molar-refractivity contribution is -0.147. The van der Waals surface area contributed by atoms with Crippen LogP contribution in [0.2, 0.25) is 0 Å². The lowest BCUT2D eigenvalue weighted by Crippen LogP contribution is -2.62. The van der Waals surface area contributed by atoms with Crippen molar-refractivity contribution in [2.75, 3.05) is 38.2 Å². The van der Waals surface area contributed by atoms with Crippen LogP contribution in [0, 0.1) is 11.3 Å². The third kappa shape index (κ3) is 10.5. The minimum atomic E-state index is -1.03. The van der Waals surface area contributed by atoms with Crippen molar-refractivity contribution >= 4 is 52.9 Å². The van der Waals surface area contributed by atoms with Crippen LogP contribution in [0.15, 0.2) is 60.7 Å². The van der Waals surface area contributed by atoms with Crippen LogP contribution in [0.1, 0.15) is 122 Å². The molecule has 17 heteroatoms. The fraction of sp³-hybridized carbons (Fsp3) is 0.500. The molecule has 5 N–H and O–H groups in total. The van der Waals surface area contributed by atoms with E-state index >= 15 is 0 Å². The van der Waals surface area contributed by atoms with E-state index < -0.39 is 53.2 Å². The van der Waals surface area contributed by atoms with Gasteiger partial charge < -0.3 is 35.8 Å². The summed E-state index contributed by atoms with van der Waals surface area (Å²) in [6, 6.07) is 15.5. The lowest BCUT2D eigenvalue weighted by Gasteiger charge is -2.41. The number of anilines is 1. The number of unbranched alkanes of at least 4 members (excludes halogenated alkanes) is 2. The van der Waals surface area contributed by atoms with Crippen LogP contribution in [-0.4, -0.2) is 115 Å². The van der Waals surface area contributed by atoms with E-state index in [4.69, 9.17) is 4.74 Å². The monoisotopic (exact) mass is 944 g/mol. The van der Waals surface area contributed by atoms with Crippen molar-refractivity contribution in [2.45, 2.75) is 122 Å². The fourth-order valence-electron chi connectivity index (χ4n) is 9.96. The van der Waals surface area contributed by atoms with E-state index in [0.717, 1.165) is 60.1 Å². The average molecular weight is 945 g/mol. The minimum Gasteiger partial charge on any atom is -0.494 e. The Labute approximate surface area is 402 Å². The largest absolute Gasteiger partial charge is 0.494 e. The molecule has 1 unspecified atom stereocenters. The number of nitrogens with zero attached hydrogens (tertiary/aromatic N) is 3. The van der Waals surface area contributed by atoms with E-state index in [0.29, 0.717) is 44.1 Å². The van der Waals surface area contributed by atoms with Gasteiger partial charge in [0.1, 0.15) is 23.9 Å². The Bertz CT molecular complexity index is 2530. The fourth-order valence-corrected chi connectivity index (χ4v) is 9.96. The number of carbonyl (C=O) groups is 8. The molecule has 69 heavy (non-hydrogen) atoms. The van der Waals surface area contributed by atoms with Gasteiger partial charge in [0.15, 0.2) is 0 Å². The van der Waals surface area contributed by atoms with E-state index in [1.807, 2.05) is 56.0 Å². The number of ether oxygens (including phenoxy) is 1. The van der Waals surface area contributed by atoms with Gasteiger partial charge in [-0.3, -0.25) is 48.6 Å². The Hall–Kier alpha value is -6.62. The number of aryl methyl sites for hydroxylation is 1. The van der Waals surface area contributed by atoms with Gasteiger partial charge in [0.25, 0.3) is 11.8 Å². The zero-order chi connectivity index (χ0) is 49.1. The highest BCUT2D eigenvalue weighted by atomic mass is 16.5. The van der Waals surface area contributed by atoms with Gasteiger partial charge in [-0.1, -0.05) is 51.1 Å². The summed E-state index contributed by atoms with van der Waals surface area (Å²) < 4.78 is 6.19. The molecule has 17 nitrogen and oxygen atoms in total. The van der Waals surface area contributed by atoms with Crippen molar-refractivity contribution in [1.82, 2.24) is 36.4 Å². The number of likely N-dealkylation sites (N-methyl/N-ethyl adjacent to an activating group) is 1. The van der Waals surface area contributed by atoms with Gasteiger partial charge in [0.05, 0.1) is 35.7 Å². The van der Waals surface area contributed by atoms with Crippen LogP contribution in [-0.2, 0) is 48.2 Å². The van der Waals surface area contributed by atoms with Crippen molar-refractivity contribution in [1.29, 1.82) is 0 Å². The van der Waals surface area contributed by atoms with Crippen LogP contribution in [0.4, 0.5) is 5.69 Å². The number of carbonyl (C=O) groups excluding carboxylic acids is 8. The van der Waals surface area contributed by atoms with Crippen molar-refractivity contribution < 1.29 is 43.1 Å². The first kappa shape index (κ1) is 48.8. The summed E-state index contributed by atoms with van der Waals surface area (Å²) in [6.45, 7) is 9.50. The third-order valence-corrected chi connectivity index (χ3v) is 14.2. The molecule has 8 rings (SSSR count). The molecule has 5 aliphatic rings. The van der Waals surface area contributed by atoms with Crippen molar-refractivity contribution in [3.63, 3.8) is 0 Å². The number of nitrogens with one attached hydrogen (secondary N) is 5. The molecule has 0 aromatic heterocycles. The van der Waals surface area contributed by atoms with E-state index in [-0.39, 0.29) is 66.1 Å². The number of imide groups is 2. The maximum absolute atomic E-state index is 14.7. The van der Waals surface area contributed by atoms with Crippen LogP contribution in [0.25, 0.3) is 0 Å². The maximum Gasteiger partial charge on any atom is 0.262 e. The van der Waals surface area contributed by atoms with Gasteiger partial charge in [-0.15, -0.1) is 0 Å². The first-order valence-electron chi connectivity index (χ1n) is 24.3. The summed E-state index contributed by atoms with van der Waals surface area (Å²) in [5.41, 5.74) is 4.64. The number of amides is 8. The summed E-state index contributed by atoms with van der Waals surface area (Å²) >= 11 is 0. The Morgan fingerprint density at radius 2 is 1.61 bits per heavy atom. The van der Waals surface area contributed by atoms with Gasteiger partial charge in [-0.05, 0) is 117 Å². The highest BCUT2D eigenvalue weighted by Gasteiger charge is 2.46. The van der Waals surface area contributed by atoms with Gasteiger partial charge >= 0.3 is 0 Å². The third-order valence-electron chi connectivity index (χ3n) is 14.2. The molecule has 2 fully saturated rings. The Kier molecular flexibility index (Phi) is 14.5. The zero-order valence-electron chi connectivity index (χ0n) is 40.2. The SMILES string of the molecule is CN[C@@H](C)C(=O)N[C@H](C(=O)N1Cc2cc(OCCCCCNC(=O)C3CN(c4ccc5c(c4)C(=O)N(C4CCC(=O)NC4=O)C5=O)C3)ccc2C[C@H]1C(=O)N[C@@H]1CCCc2ccccc21)C(C)(C)C. The molecule has 8 amide bonds. The molecular weight excluding hydrogens is 881 g/mol. The van der Waals surface area contributed by atoms with E-state index in [2.05, 4.69) is 38.7 Å². The summed E-state index contributed by atoms with van der Waals surface area (Å²) in [6.07, 6.45) is 5.49. The van der Waals surface area contributed by atoms with Crippen LogP contribution < -0.4 is 36.2 Å². The number of rotatable bonds is 16. The van der Waals surface area contributed by atoms with E-state index in [1.54, 1.807) is 37.1 Å². The second-order valence-electron chi connectivity index (χ2n) is 20.1. The van der Waals surface area contributed by atoms with Gasteiger partial charge in [0.2, 0.25) is 35.4 Å². The first-order valence-corrected chi connectivity index (χ1v) is 24.3. The molecule has 3 aromatic rings. The van der Waals surface area contributed by atoms with Gasteiger partial charge in [-0.2, -0.15) is 0 Å². The highest BCUT2D eigenvalue weighted by molar-refractivity contribution is 6.23. The molecule has 5 atom stereocenters. The Morgan fingerprint density at radius 3 is 2.36 bits per heavy atom. The van der Waals surface area contributed by atoms with Crippen LogP contribution in [0.5, 0.6) is 5.75 Å². The summed E-state index contributed by atoms with van der Waals surface area (Å²) in [4.78, 5) is 110. The summed E-state index contributed by atoms with van der Waals surface area (Å²) in [7, 11) is 1.69. The van der Waals surface area contributed by atoms with Crippen molar-refractivity contribution in [2.24, 2.45) is 11.3 Å². The number of hydrogen-bond donors (Lipinski definition) is 5. The van der Waals surface area contributed by atoms with Gasteiger partial charge in [-0.25, -0.2) is 0 Å². The molecule has 366 valence electrons. The van der Waals surface area contributed by atoms with Crippen molar-refractivity contribution in [3.05, 3.63) is 94.0 Å². The number of fused-ring (bicyclic) bond motifs is 3. The summed E-state index contributed by atoms with van der Waals surface area (Å²) in [5.74, 6) is -2.69. The number of piperidine rings is 1. The smallest absolute Gasteiger partial charge is 0.262 e. The Balaban J connectivity index is 0.817. The average Bonchev–Trinajstić information content (AvgIpc) is 3.55. The topological polar surface area (TPSA) is 216 Å². The van der Waals surface area contributed by atoms with Crippen LogP contribution in [0.3, 0.4) is 0 Å². The van der Waals surface area contributed by atoms with Gasteiger partial charge in [0, 0.05) is 44.7 Å². The van der Waals surface area contributed by atoms with E-state index in [1.165, 1.54) is 5.56 Å². The quantitative estimate of drug-likeness (QED) is 0.104. The molecule has 0 radical (unpaired) electrons. The second-order valence-corrected chi connectivity index (χ2v) is 20.1. The summed E-state index contributed by atoms with van der Waals surface area (Å²) in [5, 5.41) is 14.5. The molecule has 0 bridgehead atoms. The predicted octanol–water partition coefficient (Wildman–Crippen LogP) is 3.48. The number of hydrogen-bond acceptors (Lipinski definition) is 11. The Morgan fingerprint density at radius 1 is 0.841 bits per heavy atom. The molecule has 3 aromatic carbocycles. The molecule has 4 aliphatic heterocycles. The molecule has 0 saturated carbocycles. The molecule has 4 heterocycles. The highest BCUT2D eigenvalue weighted by Crippen LogP contribution is 2.35. The molecule has 0 spiro atoms. The van der Waals surface area contributed by atoms with E-state index in [9.17, 15) is 38.4 Å².